The Labute approximate surface area is 101 Å². The molecule has 0 saturated carbocycles. The van der Waals surface area contributed by atoms with Crippen LogP contribution in [0.3, 0.4) is 0 Å². The van der Waals surface area contributed by atoms with Crippen molar-refractivity contribution >= 4 is 11.3 Å². The van der Waals surface area contributed by atoms with Crippen LogP contribution in [-0.4, -0.2) is 33.7 Å². The van der Waals surface area contributed by atoms with Crippen LogP contribution in [0.15, 0.2) is 5.51 Å². The van der Waals surface area contributed by atoms with Crippen LogP contribution < -0.4 is 0 Å². The third-order valence-electron chi connectivity index (χ3n) is 3.30. The molecule has 0 radical (unpaired) electrons. The minimum atomic E-state index is -0.187. The fourth-order valence-corrected chi connectivity index (χ4v) is 3.23. The van der Waals surface area contributed by atoms with Gasteiger partial charge in [0, 0.05) is 17.5 Å². The van der Waals surface area contributed by atoms with Crippen LogP contribution >= 0.6 is 11.3 Å². The number of likely N-dealkylation sites (tertiary alicyclic amines) is 1. The van der Waals surface area contributed by atoms with Gasteiger partial charge in [-0.15, -0.1) is 11.3 Å². The zero-order valence-electron chi connectivity index (χ0n) is 10.0. The number of thiazole rings is 1. The number of rotatable bonds is 4. The number of aliphatic hydroxyl groups excluding tert-OH is 1. The van der Waals surface area contributed by atoms with Crippen molar-refractivity contribution in [2.75, 3.05) is 6.54 Å². The molecule has 0 spiro atoms. The lowest BCUT2D eigenvalue weighted by Gasteiger charge is -2.25. The lowest BCUT2D eigenvalue weighted by Crippen LogP contribution is -2.31. The highest BCUT2D eigenvalue weighted by Crippen LogP contribution is 2.25. The summed E-state index contributed by atoms with van der Waals surface area (Å²) in [5, 5.41) is 9.47. The van der Waals surface area contributed by atoms with E-state index in [0.717, 1.165) is 25.2 Å². The second-order valence-corrected chi connectivity index (χ2v) is 5.65. The minimum absolute atomic E-state index is 0.187. The van der Waals surface area contributed by atoms with Crippen molar-refractivity contribution in [1.82, 2.24) is 9.88 Å². The zero-order chi connectivity index (χ0) is 11.5. The summed E-state index contributed by atoms with van der Waals surface area (Å²) in [7, 11) is 0. The molecule has 1 fully saturated rings. The normalized spacial score (nSPS) is 23.8. The Morgan fingerprint density at radius 3 is 3.12 bits per heavy atom. The Kier molecular flexibility index (Phi) is 3.95. The molecule has 1 N–H and O–H groups in total. The predicted molar refractivity (Wildman–Crippen MR) is 66.6 cm³/mol. The molecular formula is C12H20N2OS. The summed E-state index contributed by atoms with van der Waals surface area (Å²) in [5.74, 6) is 0. The lowest BCUT2D eigenvalue weighted by molar-refractivity contribution is 0.131. The van der Waals surface area contributed by atoms with E-state index in [-0.39, 0.29) is 6.10 Å². The molecular weight excluding hydrogens is 220 g/mol. The summed E-state index contributed by atoms with van der Waals surface area (Å²) in [5.41, 5.74) is 3.08. The van der Waals surface area contributed by atoms with Crippen LogP contribution in [0, 0.1) is 6.92 Å². The first-order valence-corrected chi connectivity index (χ1v) is 6.86. The van der Waals surface area contributed by atoms with E-state index >= 15 is 0 Å². The van der Waals surface area contributed by atoms with Crippen molar-refractivity contribution in [1.29, 1.82) is 0 Å². The van der Waals surface area contributed by atoms with Crippen molar-refractivity contribution in [2.45, 2.75) is 51.8 Å². The maximum Gasteiger partial charge on any atom is 0.0798 e. The van der Waals surface area contributed by atoms with Crippen LogP contribution in [0.2, 0.25) is 0 Å². The second-order valence-electron chi connectivity index (χ2n) is 4.71. The fraction of sp³-hybridized carbons (Fsp3) is 0.750. The minimum Gasteiger partial charge on any atom is -0.393 e. The van der Waals surface area contributed by atoms with Crippen molar-refractivity contribution in [3.63, 3.8) is 0 Å². The van der Waals surface area contributed by atoms with Gasteiger partial charge in [-0.2, -0.15) is 0 Å². The van der Waals surface area contributed by atoms with Gasteiger partial charge < -0.3 is 5.11 Å². The van der Waals surface area contributed by atoms with Crippen molar-refractivity contribution < 1.29 is 5.11 Å². The van der Waals surface area contributed by atoms with Crippen molar-refractivity contribution in [3.05, 3.63) is 16.1 Å². The van der Waals surface area contributed by atoms with Gasteiger partial charge in [-0.1, -0.05) is 0 Å². The smallest absolute Gasteiger partial charge is 0.0798 e. The molecule has 2 unspecified atom stereocenters. The molecule has 2 atom stereocenters. The summed E-state index contributed by atoms with van der Waals surface area (Å²) >= 11 is 1.74. The molecule has 3 nitrogen and oxygen atoms in total. The first-order valence-electron chi connectivity index (χ1n) is 5.98. The number of hydrogen-bond acceptors (Lipinski definition) is 4. The number of nitrogens with zero attached hydrogens (tertiary/aromatic N) is 2. The predicted octanol–water partition coefficient (Wildman–Crippen LogP) is 2.19. The first-order chi connectivity index (χ1) is 7.66. The summed E-state index contributed by atoms with van der Waals surface area (Å²) in [6.07, 6.45) is 3.20. The number of aryl methyl sites for hydroxylation is 1. The lowest BCUT2D eigenvalue weighted by atomic mass is 10.1. The van der Waals surface area contributed by atoms with Gasteiger partial charge in [-0.3, -0.25) is 4.90 Å². The van der Waals surface area contributed by atoms with Gasteiger partial charge in [-0.05, 0) is 39.7 Å². The maximum atomic E-state index is 9.47. The van der Waals surface area contributed by atoms with E-state index in [1.807, 2.05) is 12.4 Å². The molecule has 90 valence electrons. The molecule has 2 heterocycles. The second kappa shape index (κ2) is 5.25. The van der Waals surface area contributed by atoms with E-state index in [1.165, 1.54) is 17.7 Å². The highest BCUT2D eigenvalue weighted by molar-refractivity contribution is 7.09. The zero-order valence-corrected chi connectivity index (χ0v) is 10.8. The van der Waals surface area contributed by atoms with Gasteiger partial charge in [0.1, 0.15) is 0 Å². The molecule has 0 aromatic carbocycles. The Balaban J connectivity index is 1.96. The van der Waals surface area contributed by atoms with Crippen LogP contribution in [0.4, 0.5) is 0 Å². The molecule has 1 saturated heterocycles. The third kappa shape index (κ3) is 2.81. The Hall–Kier alpha value is -0.450. The van der Waals surface area contributed by atoms with E-state index in [4.69, 9.17) is 0 Å². The van der Waals surface area contributed by atoms with Crippen molar-refractivity contribution in [2.24, 2.45) is 0 Å². The average molecular weight is 240 g/mol. The molecule has 1 aromatic heterocycles. The molecule has 1 aliphatic heterocycles. The topological polar surface area (TPSA) is 36.4 Å². The highest BCUT2D eigenvalue weighted by atomic mass is 32.1. The molecule has 16 heavy (non-hydrogen) atoms. The van der Waals surface area contributed by atoms with Gasteiger partial charge in [0.05, 0.1) is 17.3 Å². The molecule has 1 aliphatic rings. The maximum absolute atomic E-state index is 9.47. The van der Waals surface area contributed by atoms with Gasteiger partial charge in [0.15, 0.2) is 0 Å². The van der Waals surface area contributed by atoms with E-state index in [0.29, 0.717) is 6.04 Å². The molecule has 0 bridgehead atoms. The standard InChI is InChI=1S/C12H20N2OS/c1-9(15)6-11-4-3-5-14(11)7-12-10(2)13-8-16-12/h8-9,11,15H,3-7H2,1-2H3. The molecule has 0 aliphatic carbocycles. The summed E-state index contributed by atoms with van der Waals surface area (Å²) in [6.45, 7) is 6.13. The van der Waals surface area contributed by atoms with Gasteiger partial charge >= 0.3 is 0 Å². The molecule has 2 rings (SSSR count). The number of aliphatic hydroxyl groups is 1. The molecule has 4 heteroatoms. The Morgan fingerprint density at radius 2 is 2.50 bits per heavy atom. The van der Waals surface area contributed by atoms with Gasteiger partial charge in [-0.25, -0.2) is 4.98 Å². The van der Waals surface area contributed by atoms with Crippen LogP contribution in [0.5, 0.6) is 0 Å². The third-order valence-corrected chi connectivity index (χ3v) is 4.22. The highest BCUT2D eigenvalue weighted by Gasteiger charge is 2.26. The van der Waals surface area contributed by atoms with Crippen molar-refractivity contribution in [3.8, 4) is 0 Å². The van der Waals surface area contributed by atoms with E-state index in [2.05, 4.69) is 16.8 Å². The van der Waals surface area contributed by atoms with Crippen LogP contribution in [0.1, 0.15) is 36.8 Å². The van der Waals surface area contributed by atoms with Gasteiger partial charge in [0.25, 0.3) is 0 Å². The quantitative estimate of drug-likeness (QED) is 0.876. The van der Waals surface area contributed by atoms with Crippen LogP contribution in [0.25, 0.3) is 0 Å². The fourth-order valence-electron chi connectivity index (χ4n) is 2.43. The molecule has 1 aromatic rings. The summed E-state index contributed by atoms with van der Waals surface area (Å²) in [6, 6.07) is 0.557. The van der Waals surface area contributed by atoms with E-state index < -0.39 is 0 Å². The number of hydrogen-bond donors (Lipinski definition) is 1. The molecule has 0 amide bonds. The largest absolute Gasteiger partial charge is 0.393 e. The summed E-state index contributed by atoms with van der Waals surface area (Å²) < 4.78 is 0. The van der Waals surface area contributed by atoms with E-state index in [9.17, 15) is 5.11 Å². The SMILES string of the molecule is Cc1ncsc1CN1CCCC1CC(C)O. The Bertz CT molecular complexity index is 338. The van der Waals surface area contributed by atoms with Gasteiger partial charge in [0.2, 0.25) is 0 Å². The monoisotopic (exact) mass is 240 g/mol. The average Bonchev–Trinajstić information content (AvgIpc) is 2.78. The first kappa shape index (κ1) is 12.0. The van der Waals surface area contributed by atoms with Crippen LogP contribution in [-0.2, 0) is 6.54 Å². The summed E-state index contributed by atoms with van der Waals surface area (Å²) in [4.78, 5) is 8.15. The Morgan fingerprint density at radius 1 is 1.69 bits per heavy atom. The van der Waals surface area contributed by atoms with E-state index in [1.54, 1.807) is 11.3 Å². The number of aromatic nitrogens is 1.